The number of benzene rings is 3. The minimum Gasteiger partial charge on any atom is -0.336 e. The fourth-order valence-corrected chi connectivity index (χ4v) is 5.13. The van der Waals surface area contributed by atoms with Gasteiger partial charge in [-0.15, -0.1) is 0 Å². The summed E-state index contributed by atoms with van der Waals surface area (Å²) in [5.41, 5.74) is 5.09. The summed E-state index contributed by atoms with van der Waals surface area (Å²) < 4.78 is 0. The van der Waals surface area contributed by atoms with Crippen LogP contribution in [0.1, 0.15) is 21.5 Å². The van der Waals surface area contributed by atoms with Gasteiger partial charge in [-0.05, 0) is 42.3 Å². The van der Waals surface area contributed by atoms with Gasteiger partial charge < -0.3 is 4.90 Å². The number of carbonyl (C=O) groups excluding carboxylic acids is 1. The van der Waals surface area contributed by atoms with Crippen molar-refractivity contribution >= 4 is 40.0 Å². The summed E-state index contributed by atoms with van der Waals surface area (Å²) in [6.45, 7) is 5.94. The average Bonchev–Trinajstić information content (AvgIpc) is 2.85. The number of amides is 1. The van der Waals surface area contributed by atoms with Gasteiger partial charge in [0.05, 0.1) is 21.8 Å². The van der Waals surface area contributed by atoms with Crippen LogP contribution in [0.5, 0.6) is 0 Å². The predicted octanol–water partition coefficient (Wildman–Crippen LogP) is 6.48. The maximum absolute atomic E-state index is 13.8. The second kappa shape index (κ2) is 9.75. The molecule has 0 N–H and O–H groups in total. The average molecular weight is 490 g/mol. The first-order valence-electron chi connectivity index (χ1n) is 11.4. The van der Waals surface area contributed by atoms with E-state index in [4.69, 9.17) is 28.2 Å². The highest BCUT2D eigenvalue weighted by molar-refractivity contribution is 6.36. The Hall–Kier alpha value is -2.92. The largest absolute Gasteiger partial charge is 0.336 e. The highest BCUT2D eigenvalue weighted by Gasteiger charge is 2.27. The SMILES string of the molecule is Cc1c(-c2ccc(Cl)cc2Cl)nc2ccccc2c1C(=O)N1CCN(Cc2ccccc2)CC1. The molecule has 1 aromatic heterocycles. The summed E-state index contributed by atoms with van der Waals surface area (Å²) in [4.78, 5) is 23.1. The summed E-state index contributed by atoms with van der Waals surface area (Å²) in [7, 11) is 0. The van der Waals surface area contributed by atoms with E-state index in [9.17, 15) is 4.79 Å². The van der Waals surface area contributed by atoms with Crippen LogP contribution in [-0.2, 0) is 6.54 Å². The number of rotatable bonds is 4. The number of halogens is 2. The first-order chi connectivity index (χ1) is 16.5. The summed E-state index contributed by atoms with van der Waals surface area (Å²) >= 11 is 12.6. The molecular weight excluding hydrogens is 465 g/mol. The van der Waals surface area contributed by atoms with Gasteiger partial charge in [-0.3, -0.25) is 9.69 Å². The molecule has 5 rings (SSSR count). The van der Waals surface area contributed by atoms with Crippen LogP contribution < -0.4 is 0 Å². The minimum atomic E-state index is 0.0433. The van der Waals surface area contributed by atoms with Gasteiger partial charge in [-0.1, -0.05) is 71.7 Å². The molecule has 4 aromatic rings. The Balaban J connectivity index is 1.46. The first kappa shape index (κ1) is 22.9. The molecule has 34 heavy (non-hydrogen) atoms. The Morgan fingerprint density at radius 2 is 1.62 bits per heavy atom. The number of aromatic nitrogens is 1. The third-order valence-electron chi connectivity index (χ3n) is 6.44. The van der Waals surface area contributed by atoms with Crippen LogP contribution in [0, 0.1) is 6.92 Å². The Kier molecular flexibility index (Phi) is 6.55. The second-order valence-corrected chi connectivity index (χ2v) is 9.50. The monoisotopic (exact) mass is 489 g/mol. The normalized spacial score (nSPS) is 14.5. The molecule has 6 heteroatoms. The number of piperazine rings is 1. The molecule has 4 nitrogen and oxygen atoms in total. The van der Waals surface area contributed by atoms with E-state index in [0.717, 1.165) is 41.7 Å². The first-order valence-corrected chi connectivity index (χ1v) is 12.2. The van der Waals surface area contributed by atoms with E-state index in [1.165, 1.54) is 5.56 Å². The molecule has 1 aliphatic heterocycles. The van der Waals surface area contributed by atoms with E-state index in [1.807, 2.05) is 48.2 Å². The third-order valence-corrected chi connectivity index (χ3v) is 6.99. The Morgan fingerprint density at radius 1 is 0.912 bits per heavy atom. The molecule has 0 bridgehead atoms. The van der Waals surface area contributed by atoms with Gasteiger partial charge in [-0.25, -0.2) is 4.98 Å². The van der Waals surface area contributed by atoms with Crippen LogP contribution in [0.4, 0.5) is 0 Å². The molecule has 0 unspecified atom stereocenters. The molecule has 0 aliphatic carbocycles. The highest BCUT2D eigenvalue weighted by Crippen LogP contribution is 2.35. The van der Waals surface area contributed by atoms with Crippen molar-refractivity contribution in [2.75, 3.05) is 26.2 Å². The van der Waals surface area contributed by atoms with E-state index in [0.29, 0.717) is 34.4 Å². The Labute approximate surface area is 209 Å². The molecule has 3 aromatic carbocycles. The lowest BCUT2D eigenvalue weighted by atomic mass is 9.96. The Morgan fingerprint density at radius 3 is 2.35 bits per heavy atom. The van der Waals surface area contributed by atoms with E-state index in [-0.39, 0.29) is 5.91 Å². The molecule has 0 radical (unpaired) electrons. The van der Waals surface area contributed by atoms with Crippen molar-refractivity contribution in [2.45, 2.75) is 13.5 Å². The third kappa shape index (κ3) is 4.54. The molecule has 172 valence electrons. The fourth-order valence-electron chi connectivity index (χ4n) is 4.64. The van der Waals surface area contributed by atoms with Gasteiger partial charge in [0.1, 0.15) is 0 Å². The van der Waals surface area contributed by atoms with Crippen LogP contribution >= 0.6 is 23.2 Å². The van der Waals surface area contributed by atoms with Crippen LogP contribution in [0.3, 0.4) is 0 Å². The summed E-state index contributed by atoms with van der Waals surface area (Å²) in [6, 6.07) is 23.6. The van der Waals surface area contributed by atoms with E-state index >= 15 is 0 Å². The number of hydrogen-bond donors (Lipinski definition) is 0. The summed E-state index contributed by atoms with van der Waals surface area (Å²) in [6.07, 6.45) is 0. The quantitative estimate of drug-likeness (QED) is 0.329. The number of nitrogens with zero attached hydrogens (tertiary/aromatic N) is 3. The van der Waals surface area contributed by atoms with E-state index in [1.54, 1.807) is 12.1 Å². The topological polar surface area (TPSA) is 36.4 Å². The van der Waals surface area contributed by atoms with Gasteiger partial charge in [0.15, 0.2) is 0 Å². The van der Waals surface area contributed by atoms with Crippen molar-refractivity contribution in [3.05, 3.63) is 99.5 Å². The number of fused-ring (bicyclic) bond motifs is 1. The molecule has 1 fully saturated rings. The van der Waals surface area contributed by atoms with Gasteiger partial charge >= 0.3 is 0 Å². The van der Waals surface area contributed by atoms with Gasteiger partial charge in [0, 0.05) is 48.7 Å². The van der Waals surface area contributed by atoms with Crippen LogP contribution in [0.2, 0.25) is 10.0 Å². The zero-order valence-electron chi connectivity index (χ0n) is 19.0. The number of carbonyl (C=O) groups is 1. The predicted molar refractivity (Wildman–Crippen MR) is 140 cm³/mol. The van der Waals surface area contributed by atoms with Gasteiger partial charge in [-0.2, -0.15) is 0 Å². The van der Waals surface area contributed by atoms with E-state index < -0.39 is 0 Å². The molecule has 2 heterocycles. The van der Waals surface area contributed by atoms with Crippen molar-refractivity contribution in [3.8, 4) is 11.3 Å². The molecule has 0 saturated carbocycles. The smallest absolute Gasteiger partial charge is 0.254 e. The zero-order valence-corrected chi connectivity index (χ0v) is 20.5. The molecule has 1 aliphatic rings. The lowest BCUT2D eigenvalue weighted by Crippen LogP contribution is -2.48. The van der Waals surface area contributed by atoms with Crippen molar-refractivity contribution < 1.29 is 4.79 Å². The van der Waals surface area contributed by atoms with Gasteiger partial charge in [0.2, 0.25) is 0 Å². The molecule has 0 spiro atoms. The standard InChI is InChI=1S/C28H25Cl2N3O/c1-19-26(28(34)33-15-13-32(14-16-33)18-20-7-3-2-4-8-20)23-9-5-6-10-25(23)31-27(19)22-12-11-21(29)17-24(22)30/h2-12,17H,13-16,18H2,1H3. The lowest BCUT2D eigenvalue weighted by Gasteiger charge is -2.35. The van der Waals surface area contributed by atoms with Crippen LogP contribution in [0.25, 0.3) is 22.2 Å². The molecule has 1 amide bonds. The van der Waals surface area contributed by atoms with Crippen molar-refractivity contribution in [3.63, 3.8) is 0 Å². The number of hydrogen-bond acceptors (Lipinski definition) is 3. The number of para-hydroxylation sites is 1. The highest BCUT2D eigenvalue weighted by atomic mass is 35.5. The maximum atomic E-state index is 13.8. The molecular formula is C28H25Cl2N3O. The fraction of sp³-hybridized carbons (Fsp3) is 0.214. The number of pyridine rings is 1. The maximum Gasteiger partial charge on any atom is 0.254 e. The minimum absolute atomic E-state index is 0.0433. The van der Waals surface area contributed by atoms with Gasteiger partial charge in [0.25, 0.3) is 5.91 Å². The van der Waals surface area contributed by atoms with Crippen LogP contribution in [0.15, 0.2) is 72.8 Å². The molecule has 1 saturated heterocycles. The van der Waals surface area contributed by atoms with Crippen molar-refractivity contribution in [1.82, 2.24) is 14.8 Å². The van der Waals surface area contributed by atoms with Crippen molar-refractivity contribution in [1.29, 1.82) is 0 Å². The second-order valence-electron chi connectivity index (χ2n) is 8.66. The summed E-state index contributed by atoms with van der Waals surface area (Å²) in [5, 5.41) is 1.95. The summed E-state index contributed by atoms with van der Waals surface area (Å²) in [5.74, 6) is 0.0433. The molecule has 0 atom stereocenters. The zero-order chi connectivity index (χ0) is 23.7. The van der Waals surface area contributed by atoms with Crippen LogP contribution in [-0.4, -0.2) is 46.9 Å². The van der Waals surface area contributed by atoms with E-state index in [2.05, 4.69) is 29.2 Å². The Bertz CT molecular complexity index is 1350. The lowest BCUT2D eigenvalue weighted by molar-refractivity contribution is 0.0629. The van der Waals surface area contributed by atoms with Crippen molar-refractivity contribution in [2.24, 2.45) is 0 Å².